The predicted octanol–water partition coefficient (Wildman–Crippen LogP) is -2.27. The lowest BCUT2D eigenvalue weighted by Gasteiger charge is -2.48. The maximum absolute atomic E-state index is 14.2. The minimum absolute atomic E-state index is 0.0799. The van der Waals surface area contributed by atoms with Crippen LogP contribution in [0.1, 0.15) is 5.56 Å². The van der Waals surface area contributed by atoms with Crippen LogP contribution in [0.3, 0.4) is 0 Å². The summed E-state index contributed by atoms with van der Waals surface area (Å²) in [5, 5.41) is 104. The Balaban J connectivity index is 1.90. The molecular formula is C26H28O14. The van der Waals surface area contributed by atoms with E-state index in [1.807, 2.05) is 0 Å². The van der Waals surface area contributed by atoms with Crippen molar-refractivity contribution in [1.82, 2.24) is 0 Å². The van der Waals surface area contributed by atoms with Gasteiger partial charge >= 0.3 is 0 Å². The van der Waals surface area contributed by atoms with E-state index in [1.165, 1.54) is 24.3 Å². The predicted molar refractivity (Wildman–Crippen MR) is 132 cm³/mol. The third kappa shape index (κ3) is 4.13. The molecule has 216 valence electrons. The number of rotatable bonds is 5. The van der Waals surface area contributed by atoms with E-state index < -0.39 is 95.5 Å². The van der Waals surface area contributed by atoms with Crippen molar-refractivity contribution in [2.24, 2.45) is 0 Å². The molecule has 10 N–H and O–H groups in total. The lowest BCUT2D eigenvalue weighted by molar-refractivity contribution is -0.290. The minimum atomic E-state index is -2.66. The topological polar surface area (TPSA) is 251 Å². The van der Waals surface area contributed by atoms with Gasteiger partial charge in [-0.05, 0) is 24.3 Å². The lowest BCUT2D eigenvalue weighted by atomic mass is 9.75. The monoisotopic (exact) mass is 564 g/mol. The first-order valence-corrected chi connectivity index (χ1v) is 12.2. The van der Waals surface area contributed by atoms with Gasteiger partial charge < -0.3 is 65.0 Å². The summed E-state index contributed by atoms with van der Waals surface area (Å²) in [6.07, 6.45) is -15.1. The number of phenols is 3. The van der Waals surface area contributed by atoms with Crippen molar-refractivity contribution in [3.8, 4) is 28.6 Å². The number of hydrogen-bond acceptors (Lipinski definition) is 14. The van der Waals surface area contributed by atoms with E-state index in [0.29, 0.717) is 0 Å². The molecule has 0 amide bonds. The van der Waals surface area contributed by atoms with Crippen LogP contribution < -0.4 is 5.43 Å². The molecular weight excluding hydrogens is 536 g/mol. The number of benzene rings is 2. The highest BCUT2D eigenvalue weighted by molar-refractivity contribution is 5.87. The molecule has 2 saturated heterocycles. The quantitative estimate of drug-likeness (QED) is 0.157. The van der Waals surface area contributed by atoms with E-state index in [9.17, 15) is 55.9 Å². The lowest BCUT2D eigenvalue weighted by Crippen LogP contribution is -2.67. The molecule has 3 heterocycles. The van der Waals surface area contributed by atoms with Crippen LogP contribution in [0.5, 0.6) is 17.2 Å². The van der Waals surface area contributed by atoms with Gasteiger partial charge in [0.05, 0.1) is 18.8 Å². The van der Waals surface area contributed by atoms with E-state index in [0.717, 1.165) is 12.1 Å². The van der Waals surface area contributed by atoms with Crippen molar-refractivity contribution in [3.63, 3.8) is 0 Å². The molecule has 9 atom stereocenters. The van der Waals surface area contributed by atoms with Gasteiger partial charge in [0.1, 0.15) is 82.8 Å². The molecule has 0 bridgehead atoms. The van der Waals surface area contributed by atoms with Crippen LogP contribution in [0.2, 0.25) is 0 Å². The Morgan fingerprint density at radius 1 is 0.775 bits per heavy atom. The Labute approximate surface area is 224 Å². The third-order valence-corrected chi connectivity index (χ3v) is 7.46. The average Bonchev–Trinajstić information content (AvgIpc) is 3.17. The summed E-state index contributed by atoms with van der Waals surface area (Å²) in [5.74, 6) is -1.75. The molecule has 40 heavy (non-hydrogen) atoms. The second-order valence-corrected chi connectivity index (χ2v) is 9.84. The van der Waals surface area contributed by atoms with Crippen LogP contribution in [0.15, 0.2) is 45.6 Å². The maximum Gasteiger partial charge on any atom is 0.203 e. The summed E-state index contributed by atoms with van der Waals surface area (Å²) >= 11 is 0. The fourth-order valence-corrected chi connectivity index (χ4v) is 5.49. The number of aliphatic hydroxyl groups excluding tert-OH is 7. The van der Waals surface area contributed by atoms with Crippen molar-refractivity contribution in [3.05, 3.63) is 52.2 Å². The molecule has 14 nitrogen and oxygen atoms in total. The molecule has 2 unspecified atom stereocenters. The fourth-order valence-electron chi connectivity index (χ4n) is 5.49. The van der Waals surface area contributed by atoms with Crippen LogP contribution in [0.4, 0.5) is 0 Å². The van der Waals surface area contributed by atoms with E-state index in [2.05, 4.69) is 0 Å². The van der Waals surface area contributed by atoms with Crippen molar-refractivity contribution in [2.45, 2.75) is 54.4 Å². The Kier molecular flexibility index (Phi) is 7.24. The minimum Gasteiger partial charge on any atom is -0.508 e. The summed E-state index contributed by atoms with van der Waals surface area (Å²) in [6, 6.07) is 6.98. The zero-order chi connectivity index (χ0) is 29.1. The Bertz CT molecular complexity index is 1450. The van der Waals surface area contributed by atoms with Crippen LogP contribution >= 0.6 is 0 Å². The van der Waals surface area contributed by atoms with Crippen molar-refractivity contribution in [1.29, 1.82) is 0 Å². The highest BCUT2D eigenvalue weighted by Crippen LogP contribution is 2.50. The summed E-state index contributed by atoms with van der Waals surface area (Å²) < 4.78 is 17.6. The standard InChI is InChI=1S/C26H28O14/c27-7-14-18(32)21(35)22(36)25(39-14)26(24(37)19(33)15(8-28)40-26)17-20(34)16-12(31)5-11(30)6-13(16)38-23(17)9-1-3-10(29)4-2-9/h1-6,14-15,18-19,21-22,24-25,27-33,35-37H,7-8H2/t14-,15-,18-,19-,21+,22-,24+,25?,26?/m1/s1. The summed E-state index contributed by atoms with van der Waals surface area (Å²) in [4.78, 5) is 14.2. The second kappa shape index (κ2) is 10.3. The Morgan fingerprint density at radius 3 is 2.02 bits per heavy atom. The molecule has 0 saturated carbocycles. The van der Waals surface area contributed by atoms with E-state index in [4.69, 9.17) is 13.9 Å². The van der Waals surface area contributed by atoms with E-state index >= 15 is 0 Å². The summed E-state index contributed by atoms with van der Waals surface area (Å²) in [5.41, 5.74) is -4.61. The number of fused-ring (bicyclic) bond motifs is 1. The number of phenolic OH excluding ortho intramolecular Hbond substituents is 3. The zero-order valence-electron chi connectivity index (χ0n) is 20.6. The fraction of sp³-hybridized carbons (Fsp3) is 0.423. The largest absolute Gasteiger partial charge is 0.508 e. The van der Waals surface area contributed by atoms with Crippen molar-refractivity contribution in [2.75, 3.05) is 13.2 Å². The number of hydrogen-bond donors (Lipinski definition) is 10. The van der Waals surface area contributed by atoms with Gasteiger partial charge in [-0.1, -0.05) is 0 Å². The molecule has 0 radical (unpaired) electrons. The average molecular weight is 564 g/mol. The molecule has 0 spiro atoms. The highest BCUT2D eigenvalue weighted by Gasteiger charge is 2.66. The number of aliphatic hydroxyl groups is 7. The molecule has 14 heteroatoms. The zero-order valence-corrected chi connectivity index (χ0v) is 20.6. The van der Waals surface area contributed by atoms with Crippen LogP contribution in [-0.2, 0) is 15.1 Å². The molecule has 3 aromatic rings. The van der Waals surface area contributed by atoms with Crippen LogP contribution in [0, 0.1) is 0 Å². The van der Waals surface area contributed by atoms with E-state index in [-0.39, 0.29) is 22.7 Å². The van der Waals surface area contributed by atoms with Crippen molar-refractivity contribution < 1.29 is 65.0 Å². The molecule has 2 fully saturated rings. The maximum atomic E-state index is 14.2. The van der Waals surface area contributed by atoms with Gasteiger partial charge in [-0.15, -0.1) is 0 Å². The first-order valence-electron chi connectivity index (χ1n) is 12.2. The normalized spacial score (nSPS) is 34.4. The van der Waals surface area contributed by atoms with Gasteiger partial charge in [-0.2, -0.15) is 0 Å². The third-order valence-electron chi connectivity index (χ3n) is 7.46. The molecule has 0 aliphatic carbocycles. The Morgan fingerprint density at radius 2 is 1.43 bits per heavy atom. The van der Waals surface area contributed by atoms with Gasteiger partial charge in [-0.3, -0.25) is 4.79 Å². The van der Waals surface area contributed by atoms with Crippen LogP contribution in [0.25, 0.3) is 22.3 Å². The molecule has 2 aliphatic heterocycles. The van der Waals surface area contributed by atoms with Crippen molar-refractivity contribution >= 4 is 11.0 Å². The SMILES string of the molecule is O=c1c(C2(C3O[C@H](CO)[C@@H](O)[C@H](O)[C@H]3O)O[C@H](CO)[C@@H](O)[C@@H]2O)c(-c2ccc(O)cc2)oc2cc(O)cc(O)c12. The first kappa shape index (κ1) is 28.2. The van der Waals surface area contributed by atoms with Crippen LogP contribution in [-0.4, -0.2) is 113 Å². The molecule has 1 aromatic heterocycles. The van der Waals surface area contributed by atoms with Gasteiger partial charge in [0.2, 0.25) is 5.43 Å². The number of ether oxygens (including phenoxy) is 2. The molecule has 2 aliphatic rings. The summed E-state index contributed by atoms with van der Waals surface area (Å²) in [6.45, 7) is -1.76. The highest BCUT2D eigenvalue weighted by atomic mass is 16.6. The summed E-state index contributed by atoms with van der Waals surface area (Å²) in [7, 11) is 0. The Hall–Kier alpha value is -3.31. The molecule has 5 rings (SSSR count). The molecule has 2 aromatic carbocycles. The van der Waals surface area contributed by atoms with Gasteiger partial charge in [0.15, 0.2) is 5.60 Å². The van der Waals surface area contributed by atoms with Gasteiger partial charge in [0, 0.05) is 17.7 Å². The smallest absolute Gasteiger partial charge is 0.203 e. The number of aromatic hydroxyl groups is 3. The first-order chi connectivity index (χ1) is 19.0. The van der Waals surface area contributed by atoms with E-state index in [1.54, 1.807) is 0 Å². The van der Waals surface area contributed by atoms with Gasteiger partial charge in [-0.25, -0.2) is 0 Å². The second-order valence-electron chi connectivity index (χ2n) is 9.84. The van der Waals surface area contributed by atoms with Gasteiger partial charge in [0.25, 0.3) is 0 Å².